The molecule has 2 aliphatic carbocycles. The van der Waals surface area contributed by atoms with Gasteiger partial charge in [0.15, 0.2) is 4.77 Å². The van der Waals surface area contributed by atoms with Crippen LogP contribution in [-0.2, 0) is 5.54 Å². The van der Waals surface area contributed by atoms with Crippen LogP contribution >= 0.6 is 12.2 Å². The summed E-state index contributed by atoms with van der Waals surface area (Å²) < 4.78 is 2.89. The molecular formula is C16H15N3S. The van der Waals surface area contributed by atoms with Gasteiger partial charge >= 0.3 is 0 Å². The van der Waals surface area contributed by atoms with Gasteiger partial charge in [0.1, 0.15) is 0 Å². The highest BCUT2D eigenvalue weighted by Gasteiger charge is 2.47. The minimum atomic E-state index is 0.145. The number of fused-ring (bicyclic) bond motifs is 2. The van der Waals surface area contributed by atoms with E-state index in [2.05, 4.69) is 38.9 Å². The molecule has 20 heavy (non-hydrogen) atoms. The number of aliphatic imine (C=N–C) groups is 1. The summed E-state index contributed by atoms with van der Waals surface area (Å²) in [5, 5.41) is 0. The van der Waals surface area contributed by atoms with Crippen LogP contribution in [0.1, 0.15) is 48.4 Å². The average Bonchev–Trinajstić information content (AvgIpc) is 3.35. The number of aromatic nitrogens is 2. The SMILES string of the molecule is S=c1[nH]c(C2CC2)cn1-c1ccc2c(c1)C=NC21CC1. The first-order chi connectivity index (χ1) is 9.75. The van der Waals surface area contributed by atoms with Crippen molar-refractivity contribution in [3.8, 4) is 5.69 Å². The molecule has 100 valence electrons. The number of rotatable bonds is 2. The van der Waals surface area contributed by atoms with Gasteiger partial charge in [0.25, 0.3) is 0 Å². The molecule has 2 fully saturated rings. The van der Waals surface area contributed by atoms with Gasteiger partial charge in [-0.3, -0.25) is 9.56 Å². The summed E-state index contributed by atoms with van der Waals surface area (Å²) in [4.78, 5) is 8.03. The summed E-state index contributed by atoms with van der Waals surface area (Å²) in [5.41, 5.74) is 5.22. The van der Waals surface area contributed by atoms with Crippen molar-refractivity contribution in [1.29, 1.82) is 0 Å². The Balaban J connectivity index is 1.62. The second-order valence-electron chi connectivity index (χ2n) is 6.22. The van der Waals surface area contributed by atoms with Crippen molar-refractivity contribution in [2.45, 2.75) is 37.1 Å². The Morgan fingerprint density at radius 1 is 1.30 bits per heavy atom. The lowest BCUT2D eigenvalue weighted by molar-refractivity contribution is 0.765. The number of H-pyrrole nitrogens is 1. The van der Waals surface area contributed by atoms with Crippen LogP contribution in [0.5, 0.6) is 0 Å². The zero-order valence-electron chi connectivity index (χ0n) is 11.1. The van der Waals surface area contributed by atoms with E-state index in [0.29, 0.717) is 5.92 Å². The normalized spacial score (nSPS) is 21.4. The third-order valence-electron chi connectivity index (χ3n) is 4.74. The topological polar surface area (TPSA) is 33.1 Å². The first kappa shape index (κ1) is 11.0. The number of hydrogen-bond acceptors (Lipinski definition) is 2. The number of benzene rings is 1. The first-order valence-corrected chi connectivity index (χ1v) is 7.68. The van der Waals surface area contributed by atoms with Crippen LogP contribution in [-0.4, -0.2) is 15.8 Å². The van der Waals surface area contributed by atoms with Crippen molar-refractivity contribution < 1.29 is 0 Å². The summed E-state index contributed by atoms with van der Waals surface area (Å²) >= 11 is 5.46. The molecule has 0 atom stereocenters. The molecule has 1 aromatic heterocycles. The van der Waals surface area contributed by atoms with E-state index < -0.39 is 0 Å². The predicted molar refractivity (Wildman–Crippen MR) is 81.4 cm³/mol. The fourth-order valence-electron chi connectivity index (χ4n) is 3.22. The van der Waals surface area contributed by atoms with E-state index in [1.807, 2.05) is 6.21 Å². The Kier molecular flexibility index (Phi) is 1.93. The van der Waals surface area contributed by atoms with Crippen molar-refractivity contribution >= 4 is 18.4 Å². The Morgan fingerprint density at radius 3 is 2.90 bits per heavy atom. The van der Waals surface area contributed by atoms with Crippen molar-refractivity contribution in [2.75, 3.05) is 0 Å². The highest BCUT2D eigenvalue weighted by Crippen LogP contribution is 2.53. The van der Waals surface area contributed by atoms with Crippen molar-refractivity contribution in [1.82, 2.24) is 9.55 Å². The Bertz CT molecular complexity index is 803. The predicted octanol–water partition coefficient (Wildman–Crippen LogP) is 3.83. The number of nitrogens with one attached hydrogen (secondary N) is 1. The average molecular weight is 281 g/mol. The summed E-state index contributed by atoms with van der Waals surface area (Å²) in [7, 11) is 0. The molecule has 0 unspecified atom stereocenters. The van der Waals surface area contributed by atoms with Gasteiger partial charge in [0.05, 0.1) is 5.54 Å². The number of aromatic amines is 1. The van der Waals surface area contributed by atoms with Gasteiger partial charge in [0.2, 0.25) is 0 Å². The Morgan fingerprint density at radius 2 is 2.15 bits per heavy atom. The second kappa shape index (κ2) is 3.50. The van der Waals surface area contributed by atoms with E-state index in [1.165, 1.54) is 42.5 Å². The van der Waals surface area contributed by atoms with Crippen LogP contribution in [0.4, 0.5) is 0 Å². The summed E-state index contributed by atoms with van der Waals surface area (Å²) in [5.74, 6) is 0.698. The maximum atomic E-state index is 5.46. The third kappa shape index (κ3) is 1.45. The van der Waals surface area contributed by atoms with Gasteiger partial charge in [-0.25, -0.2) is 0 Å². The summed E-state index contributed by atoms with van der Waals surface area (Å²) in [6, 6.07) is 6.62. The molecule has 1 N–H and O–H groups in total. The maximum Gasteiger partial charge on any atom is 0.182 e. The molecule has 2 heterocycles. The largest absolute Gasteiger partial charge is 0.334 e. The first-order valence-electron chi connectivity index (χ1n) is 7.27. The molecule has 0 bridgehead atoms. The summed E-state index contributed by atoms with van der Waals surface area (Å²) in [6.45, 7) is 0. The van der Waals surface area contributed by atoms with E-state index in [0.717, 1.165) is 10.5 Å². The molecule has 1 spiro atoms. The van der Waals surface area contributed by atoms with Crippen LogP contribution in [0.3, 0.4) is 0 Å². The molecule has 0 saturated heterocycles. The molecule has 1 aromatic carbocycles. The van der Waals surface area contributed by atoms with Crippen LogP contribution in [0.2, 0.25) is 0 Å². The van der Waals surface area contributed by atoms with Gasteiger partial charge in [-0.2, -0.15) is 0 Å². The van der Waals surface area contributed by atoms with Crippen molar-refractivity contribution in [3.63, 3.8) is 0 Å². The van der Waals surface area contributed by atoms with Gasteiger partial charge in [-0.1, -0.05) is 6.07 Å². The maximum absolute atomic E-state index is 5.46. The highest BCUT2D eigenvalue weighted by atomic mass is 32.1. The minimum absolute atomic E-state index is 0.145. The molecule has 0 radical (unpaired) electrons. The summed E-state index contributed by atoms with van der Waals surface area (Å²) in [6.07, 6.45) is 9.17. The zero-order chi connectivity index (χ0) is 13.3. The van der Waals surface area contributed by atoms with Gasteiger partial charge in [0, 0.05) is 35.3 Å². The van der Waals surface area contributed by atoms with Crippen LogP contribution in [0.15, 0.2) is 29.4 Å². The molecule has 0 amide bonds. The zero-order valence-corrected chi connectivity index (χ0v) is 11.9. The van der Waals surface area contributed by atoms with Crippen LogP contribution in [0.25, 0.3) is 5.69 Å². The quantitative estimate of drug-likeness (QED) is 0.834. The van der Waals surface area contributed by atoms with E-state index >= 15 is 0 Å². The lowest BCUT2D eigenvalue weighted by Gasteiger charge is -2.08. The van der Waals surface area contributed by atoms with E-state index in [-0.39, 0.29) is 5.54 Å². The van der Waals surface area contributed by atoms with E-state index in [9.17, 15) is 0 Å². The van der Waals surface area contributed by atoms with Crippen molar-refractivity contribution in [3.05, 3.63) is 46.0 Å². The molecule has 4 heteroatoms. The van der Waals surface area contributed by atoms with E-state index in [4.69, 9.17) is 12.2 Å². The number of imidazole rings is 1. The van der Waals surface area contributed by atoms with Gasteiger partial charge in [-0.15, -0.1) is 0 Å². The van der Waals surface area contributed by atoms with Crippen LogP contribution in [0, 0.1) is 4.77 Å². The van der Waals surface area contributed by atoms with Crippen LogP contribution < -0.4 is 0 Å². The fourth-order valence-corrected chi connectivity index (χ4v) is 3.49. The highest BCUT2D eigenvalue weighted by molar-refractivity contribution is 7.71. The Hall–Kier alpha value is -1.68. The molecule has 2 saturated carbocycles. The molecule has 2 aromatic rings. The smallest absolute Gasteiger partial charge is 0.182 e. The molecule has 5 rings (SSSR count). The van der Waals surface area contributed by atoms with E-state index in [1.54, 1.807) is 0 Å². The molecule has 1 aliphatic heterocycles. The second-order valence-corrected chi connectivity index (χ2v) is 6.61. The van der Waals surface area contributed by atoms with Crippen molar-refractivity contribution in [2.24, 2.45) is 4.99 Å². The minimum Gasteiger partial charge on any atom is -0.334 e. The number of nitrogens with zero attached hydrogens (tertiary/aromatic N) is 2. The fraction of sp³-hybridized carbons (Fsp3) is 0.375. The molecular weight excluding hydrogens is 266 g/mol. The monoisotopic (exact) mass is 281 g/mol. The lowest BCUT2D eigenvalue weighted by Crippen LogP contribution is -2.00. The third-order valence-corrected chi connectivity index (χ3v) is 5.04. The lowest BCUT2D eigenvalue weighted by atomic mass is 10.0. The van der Waals surface area contributed by atoms with Gasteiger partial charge in [-0.05, 0) is 55.6 Å². The standard InChI is InChI=1S/C16H15N3S/c20-15-18-14(10-1-2-10)9-19(15)12-3-4-13-11(7-12)8-17-16(13)5-6-16/h3-4,7-10H,1-2,5-6H2,(H,18,20). The molecule has 3 aliphatic rings. The number of hydrogen-bond donors (Lipinski definition) is 1. The Labute approximate surface area is 122 Å². The molecule has 3 nitrogen and oxygen atoms in total. The van der Waals surface area contributed by atoms with Gasteiger partial charge < -0.3 is 4.98 Å².